The van der Waals surface area contributed by atoms with Gasteiger partial charge in [0.2, 0.25) is 0 Å². The number of carbonyl (C=O) groups excluding carboxylic acids is 1. The molecule has 5 N–H and O–H groups in total. The normalized spacial score (nSPS) is 10.5. The van der Waals surface area contributed by atoms with Gasteiger partial charge in [-0.3, -0.25) is 0 Å². The van der Waals surface area contributed by atoms with Gasteiger partial charge in [0.25, 0.3) is 0 Å². The van der Waals surface area contributed by atoms with Crippen molar-refractivity contribution >= 4 is 39.6 Å². The number of nitrogens with one attached hydrogen (secondary N) is 3. The van der Waals surface area contributed by atoms with Crippen LogP contribution in [0.4, 0.5) is 27.5 Å². The first-order valence-corrected chi connectivity index (χ1v) is 9.01. The molecule has 28 heavy (non-hydrogen) atoms. The van der Waals surface area contributed by atoms with Crippen LogP contribution in [0.2, 0.25) is 0 Å². The Labute approximate surface area is 164 Å². The second kappa shape index (κ2) is 9.07. The lowest BCUT2D eigenvalue weighted by Crippen LogP contribution is -2.32. The molecule has 0 unspecified atom stereocenters. The minimum absolute atomic E-state index is 0.261. The first kappa shape index (κ1) is 19.5. The summed E-state index contributed by atoms with van der Waals surface area (Å²) in [5.74, 6) is 4.92. The zero-order chi connectivity index (χ0) is 19.9. The highest BCUT2D eigenvalue weighted by Crippen LogP contribution is 2.32. The third-order valence-electron chi connectivity index (χ3n) is 4.31. The quantitative estimate of drug-likeness (QED) is 0.371. The van der Waals surface area contributed by atoms with E-state index in [0.29, 0.717) is 12.2 Å². The molecule has 0 fully saturated rings. The number of anilines is 4. The molecule has 0 atom stereocenters. The second-order valence-corrected chi connectivity index (χ2v) is 6.53. The maximum absolute atomic E-state index is 11.8. The number of benzene rings is 3. The molecular weight excluding hydrogens is 354 g/mol. The fourth-order valence-electron chi connectivity index (χ4n) is 2.98. The summed E-state index contributed by atoms with van der Waals surface area (Å²) in [6.07, 6.45) is 0. The molecule has 0 aromatic heterocycles. The Morgan fingerprint density at radius 2 is 1.64 bits per heavy atom. The van der Waals surface area contributed by atoms with Crippen molar-refractivity contribution in [2.75, 3.05) is 42.8 Å². The van der Waals surface area contributed by atoms with E-state index in [1.165, 1.54) is 11.1 Å². The molecule has 146 valence electrons. The molecule has 3 aromatic rings. The third kappa shape index (κ3) is 4.70. The average Bonchev–Trinajstić information content (AvgIpc) is 2.69. The van der Waals surface area contributed by atoms with Gasteiger partial charge in [-0.05, 0) is 36.4 Å². The number of fused-ring (bicyclic) bond motifs is 1. The predicted octanol–water partition coefficient (Wildman–Crippen LogP) is 3.66. The topological polar surface area (TPSA) is 91.6 Å². The summed E-state index contributed by atoms with van der Waals surface area (Å²) in [6.45, 7) is 0.606. The molecule has 0 aliphatic heterocycles. The zero-order valence-electron chi connectivity index (χ0n) is 16.0. The minimum Gasteiger partial charge on any atom is -0.377 e. The van der Waals surface area contributed by atoms with Crippen LogP contribution in [-0.4, -0.2) is 33.3 Å². The van der Waals surface area contributed by atoms with Gasteiger partial charge in [-0.2, -0.15) is 0 Å². The number of nitrogens with zero attached hydrogens (tertiary/aromatic N) is 1. The van der Waals surface area contributed by atoms with E-state index in [2.05, 4.69) is 56.0 Å². The van der Waals surface area contributed by atoms with E-state index < -0.39 is 0 Å². The Morgan fingerprint density at radius 3 is 2.36 bits per heavy atom. The summed E-state index contributed by atoms with van der Waals surface area (Å²) in [5.41, 5.74) is 3.84. The van der Waals surface area contributed by atoms with Crippen molar-refractivity contribution in [3.63, 3.8) is 0 Å². The lowest BCUT2D eigenvalue weighted by Gasteiger charge is -2.17. The fraction of sp³-hybridized carbons (Fsp3) is 0.190. The number of nitrogens with two attached hydrogens (primary N) is 1. The summed E-state index contributed by atoms with van der Waals surface area (Å²) < 4.78 is 0. The van der Waals surface area contributed by atoms with E-state index in [0.717, 1.165) is 16.8 Å². The Morgan fingerprint density at radius 1 is 0.964 bits per heavy atom. The molecular formula is C21H25N5O2. The summed E-state index contributed by atoms with van der Waals surface area (Å²) >= 11 is 0. The van der Waals surface area contributed by atoms with Crippen LogP contribution in [0, 0.1) is 0 Å². The van der Waals surface area contributed by atoms with Crippen LogP contribution in [0.5, 0.6) is 0 Å². The highest BCUT2D eigenvalue weighted by atomic mass is 16.6. The lowest BCUT2D eigenvalue weighted by atomic mass is 10.1. The molecule has 0 radical (unpaired) electrons. The summed E-state index contributed by atoms with van der Waals surface area (Å²) in [6, 6.07) is 19.7. The Kier molecular flexibility index (Phi) is 6.31. The van der Waals surface area contributed by atoms with Crippen molar-refractivity contribution in [3.8, 4) is 0 Å². The molecule has 0 saturated carbocycles. The van der Waals surface area contributed by atoms with Crippen LogP contribution in [0.15, 0.2) is 60.7 Å². The van der Waals surface area contributed by atoms with Gasteiger partial charge in [0.15, 0.2) is 0 Å². The largest absolute Gasteiger partial charge is 0.377 e. The zero-order valence-corrected chi connectivity index (χ0v) is 16.0. The van der Waals surface area contributed by atoms with Crippen LogP contribution >= 0.6 is 0 Å². The van der Waals surface area contributed by atoms with Gasteiger partial charge in [-0.25, -0.2) is 10.7 Å². The number of amides is 2. The maximum Gasteiger partial charge on any atom is 0.319 e. The molecule has 0 aliphatic rings. The van der Waals surface area contributed by atoms with Gasteiger partial charge in [0, 0.05) is 54.2 Å². The summed E-state index contributed by atoms with van der Waals surface area (Å²) in [7, 11) is 4.08. The van der Waals surface area contributed by atoms with E-state index in [-0.39, 0.29) is 12.6 Å². The van der Waals surface area contributed by atoms with Gasteiger partial charge < -0.3 is 25.7 Å². The van der Waals surface area contributed by atoms with Gasteiger partial charge in [-0.15, -0.1) is 0 Å². The molecule has 3 aromatic carbocycles. The van der Waals surface area contributed by atoms with Crippen molar-refractivity contribution in [1.82, 2.24) is 5.32 Å². The molecule has 0 aliphatic carbocycles. The van der Waals surface area contributed by atoms with Crippen molar-refractivity contribution in [3.05, 3.63) is 60.7 Å². The van der Waals surface area contributed by atoms with E-state index >= 15 is 0 Å². The molecule has 0 heterocycles. The Bertz CT molecular complexity index is 941. The number of urea groups is 1. The van der Waals surface area contributed by atoms with Crippen LogP contribution in [-0.2, 0) is 4.84 Å². The number of carbonyl (C=O) groups is 1. The second-order valence-electron chi connectivity index (χ2n) is 6.53. The van der Waals surface area contributed by atoms with Crippen LogP contribution < -0.4 is 26.7 Å². The highest BCUT2D eigenvalue weighted by molar-refractivity contribution is 6.02. The van der Waals surface area contributed by atoms with Crippen molar-refractivity contribution in [2.24, 2.45) is 5.90 Å². The molecule has 2 amide bonds. The summed E-state index contributed by atoms with van der Waals surface area (Å²) in [5, 5.41) is 11.2. The van der Waals surface area contributed by atoms with Crippen molar-refractivity contribution < 1.29 is 9.63 Å². The van der Waals surface area contributed by atoms with Crippen LogP contribution in [0.1, 0.15) is 0 Å². The van der Waals surface area contributed by atoms with Crippen molar-refractivity contribution in [2.45, 2.75) is 0 Å². The van der Waals surface area contributed by atoms with E-state index in [1.54, 1.807) is 0 Å². The van der Waals surface area contributed by atoms with Gasteiger partial charge >= 0.3 is 6.03 Å². The van der Waals surface area contributed by atoms with Crippen molar-refractivity contribution in [1.29, 1.82) is 0 Å². The fourth-order valence-corrected chi connectivity index (χ4v) is 2.98. The average molecular weight is 379 g/mol. The molecule has 0 saturated heterocycles. The van der Waals surface area contributed by atoms with E-state index in [9.17, 15) is 4.79 Å². The summed E-state index contributed by atoms with van der Waals surface area (Å²) in [4.78, 5) is 18.3. The van der Waals surface area contributed by atoms with Gasteiger partial charge in [-0.1, -0.05) is 24.3 Å². The smallest absolute Gasteiger partial charge is 0.319 e. The van der Waals surface area contributed by atoms with Gasteiger partial charge in [0.05, 0.1) is 6.61 Å². The molecule has 7 nitrogen and oxygen atoms in total. The number of hydrogen-bond acceptors (Lipinski definition) is 5. The Hall–Kier alpha value is -3.29. The van der Waals surface area contributed by atoms with Gasteiger partial charge in [0.1, 0.15) is 0 Å². The highest BCUT2D eigenvalue weighted by Gasteiger charge is 2.07. The molecule has 0 bridgehead atoms. The van der Waals surface area contributed by atoms with E-state index in [1.807, 2.05) is 44.4 Å². The lowest BCUT2D eigenvalue weighted by molar-refractivity contribution is 0.141. The molecule has 7 heteroatoms. The first-order valence-electron chi connectivity index (χ1n) is 9.01. The van der Waals surface area contributed by atoms with Crippen LogP contribution in [0.25, 0.3) is 10.8 Å². The predicted molar refractivity (Wildman–Crippen MR) is 115 cm³/mol. The number of rotatable bonds is 7. The first-order chi connectivity index (χ1) is 13.6. The standard InChI is InChI=1S/C21H25N5O2/c1-26(2)20-8-4-5-17-18(20)6-3-7-19(17)24-15-9-11-16(12-10-15)25-21(27)23-13-14-28-22/h3-12,24H,13-14,22H2,1-2H3,(H2,23,25,27). The Balaban J connectivity index is 1.72. The van der Waals surface area contributed by atoms with E-state index in [4.69, 9.17) is 5.90 Å². The molecule has 3 rings (SSSR count). The monoisotopic (exact) mass is 379 g/mol. The number of hydrogen-bond donors (Lipinski definition) is 4. The van der Waals surface area contributed by atoms with Crippen LogP contribution in [0.3, 0.4) is 0 Å². The third-order valence-corrected chi connectivity index (χ3v) is 4.31. The SMILES string of the molecule is CN(C)c1cccc2c(Nc3ccc(NC(=O)NCCON)cc3)cccc12. The maximum atomic E-state index is 11.8. The minimum atomic E-state index is -0.303. The molecule has 0 spiro atoms.